The predicted molar refractivity (Wildman–Crippen MR) is 78.5 cm³/mol. The Balaban J connectivity index is 1.84. The number of hydrogen-bond acceptors (Lipinski definition) is 3. The minimum atomic E-state index is -1.03. The first kappa shape index (κ1) is 15.2. The van der Waals surface area contributed by atoms with E-state index in [9.17, 15) is 9.59 Å². The Bertz CT molecular complexity index is 521. The van der Waals surface area contributed by atoms with Gasteiger partial charge in [0.2, 0.25) is 0 Å². The van der Waals surface area contributed by atoms with Crippen molar-refractivity contribution in [3.63, 3.8) is 0 Å². The Morgan fingerprint density at radius 2 is 1.90 bits per heavy atom. The van der Waals surface area contributed by atoms with Crippen LogP contribution in [-0.2, 0) is 4.79 Å². The maximum absolute atomic E-state index is 11.9. The van der Waals surface area contributed by atoms with E-state index in [4.69, 9.17) is 9.84 Å². The van der Waals surface area contributed by atoms with Gasteiger partial charge in [0.05, 0.1) is 0 Å². The molecule has 0 bridgehead atoms. The number of nitrogens with one attached hydrogen (secondary N) is 2. The number of benzene rings is 1. The van der Waals surface area contributed by atoms with Crippen molar-refractivity contribution in [2.75, 3.05) is 11.9 Å². The van der Waals surface area contributed by atoms with Gasteiger partial charge in [0, 0.05) is 11.2 Å². The molecule has 1 aromatic carbocycles. The van der Waals surface area contributed by atoms with Gasteiger partial charge >= 0.3 is 12.0 Å². The Hall–Kier alpha value is -2.24. The highest BCUT2D eigenvalue weighted by Crippen LogP contribution is 2.39. The van der Waals surface area contributed by atoms with Crippen molar-refractivity contribution in [3.05, 3.63) is 24.3 Å². The second-order valence-corrected chi connectivity index (χ2v) is 5.78. The topological polar surface area (TPSA) is 87.7 Å². The zero-order valence-electron chi connectivity index (χ0n) is 12.2. The molecule has 1 aromatic rings. The van der Waals surface area contributed by atoms with Crippen molar-refractivity contribution < 1.29 is 19.4 Å². The summed E-state index contributed by atoms with van der Waals surface area (Å²) in [6, 6.07) is 6.32. The number of hydrogen-bond donors (Lipinski definition) is 3. The van der Waals surface area contributed by atoms with E-state index in [0.717, 1.165) is 12.8 Å². The van der Waals surface area contributed by atoms with Gasteiger partial charge in [0.25, 0.3) is 0 Å². The van der Waals surface area contributed by atoms with Gasteiger partial charge < -0.3 is 20.5 Å². The molecule has 2 rings (SSSR count). The van der Waals surface area contributed by atoms with Crippen LogP contribution in [0.3, 0.4) is 0 Å². The first-order chi connectivity index (χ1) is 9.87. The molecule has 3 N–H and O–H groups in total. The van der Waals surface area contributed by atoms with E-state index in [1.54, 1.807) is 24.3 Å². The van der Waals surface area contributed by atoms with E-state index in [-0.39, 0.29) is 18.2 Å². The van der Waals surface area contributed by atoms with Crippen molar-refractivity contribution in [2.24, 2.45) is 5.92 Å². The normalized spacial score (nSPS) is 14.4. The molecule has 0 atom stereocenters. The Morgan fingerprint density at radius 1 is 1.29 bits per heavy atom. The second-order valence-electron chi connectivity index (χ2n) is 5.78. The summed E-state index contributed by atoms with van der Waals surface area (Å²) >= 11 is 0. The quantitative estimate of drug-likeness (QED) is 0.751. The van der Waals surface area contributed by atoms with Crippen LogP contribution in [0.25, 0.3) is 0 Å². The van der Waals surface area contributed by atoms with Crippen LogP contribution in [0.4, 0.5) is 10.5 Å². The first-order valence-electron chi connectivity index (χ1n) is 6.90. The highest BCUT2D eigenvalue weighted by Gasteiger charge is 2.38. The molecule has 0 aliphatic heterocycles. The lowest BCUT2D eigenvalue weighted by Crippen LogP contribution is -2.47. The minimum absolute atomic E-state index is 0.200. The fraction of sp³-hybridized carbons (Fsp3) is 0.467. The van der Waals surface area contributed by atoms with Crippen LogP contribution in [0.1, 0.15) is 26.7 Å². The van der Waals surface area contributed by atoms with Gasteiger partial charge in [-0.05, 0) is 56.9 Å². The van der Waals surface area contributed by atoms with Crippen LogP contribution in [0, 0.1) is 5.92 Å². The number of carbonyl (C=O) groups excluding carboxylic acids is 1. The minimum Gasteiger partial charge on any atom is -0.482 e. The van der Waals surface area contributed by atoms with Gasteiger partial charge in [-0.25, -0.2) is 9.59 Å². The number of ether oxygens (including phenoxy) is 1. The Morgan fingerprint density at radius 3 is 2.43 bits per heavy atom. The highest BCUT2D eigenvalue weighted by atomic mass is 16.5. The Kier molecular flexibility index (Phi) is 4.35. The van der Waals surface area contributed by atoms with Crippen LogP contribution >= 0.6 is 0 Å². The number of rotatable bonds is 6. The van der Waals surface area contributed by atoms with Crippen molar-refractivity contribution >= 4 is 17.7 Å². The average molecular weight is 292 g/mol. The second kappa shape index (κ2) is 6.03. The number of carboxylic acids is 1. The molecule has 1 fully saturated rings. The molecule has 6 nitrogen and oxygen atoms in total. The third-order valence-corrected chi connectivity index (χ3v) is 3.51. The maximum Gasteiger partial charge on any atom is 0.341 e. The number of amides is 2. The molecular formula is C15H20N2O4. The fourth-order valence-corrected chi connectivity index (χ4v) is 2.14. The summed E-state index contributed by atoms with van der Waals surface area (Å²) in [6.07, 6.45) is 2.31. The molecule has 2 amide bonds. The highest BCUT2D eigenvalue weighted by molar-refractivity contribution is 5.89. The van der Waals surface area contributed by atoms with Crippen LogP contribution in [0.2, 0.25) is 0 Å². The lowest BCUT2D eigenvalue weighted by Gasteiger charge is -2.26. The number of carbonyl (C=O) groups is 2. The summed E-state index contributed by atoms with van der Waals surface area (Å²) in [6.45, 7) is 3.66. The summed E-state index contributed by atoms with van der Waals surface area (Å²) in [5.74, 6) is -0.0319. The van der Waals surface area contributed by atoms with Gasteiger partial charge in [-0.1, -0.05) is 0 Å². The smallest absolute Gasteiger partial charge is 0.341 e. The fourth-order valence-electron chi connectivity index (χ4n) is 2.14. The molecule has 0 spiro atoms. The molecule has 21 heavy (non-hydrogen) atoms. The molecule has 0 radical (unpaired) electrons. The first-order valence-corrected chi connectivity index (χ1v) is 6.90. The summed E-state index contributed by atoms with van der Waals surface area (Å²) in [5.41, 5.74) is 0.427. The van der Waals surface area contributed by atoms with Gasteiger partial charge in [0.15, 0.2) is 6.61 Å². The molecule has 0 heterocycles. The standard InChI is InChI=1S/C15H20N2O4/c1-15(2,10-3-4-10)17-14(20)16-11-5-7-12(8-6-11)21-9-13(18)19/h5-8,10H,3-4,9H2,1-2H3,(H,18,19)(H2,16,17,20). The number of urea groups is 1. The van der Waals surface area contributed by atoms with E-state index in [0.29, 0.717) is 17.4 Å². The summed E-state index contributed by atoms with van der Waals surface area (Å²) in [4.78, 5) is 22.3. The van der Waals surface area contributed by atoms with Gasteiger partial charge in [-0.3, -0.25) is 0 Å². The van der Waals surface area contributed by atoms with Crippen molar-refractivity contribution in [1.82, 2.24) is 5.32 Å². The lowest BCUT2D eigenvalue weighted by molar-refractivity contribution is -0.139. The third kappa shape index (κ3) is 4.66. The third-order valence-electron chi connectivity index (χ3n) is 3.51. The monoisotopic (exact) mass is 292 g/mol. The van der Waals surface area contributed by atoms with E-state index >= 15 is 0 Å². The molecular weight excluding hydrogens is 272 g/mol. The van der Waals surface area contributed by atoms with Crippen LogP contribution < -0.4 is 15.4 Å². The molecule has 0 saturated heterocycles. The maximum atomic E-state index is 11.9. The van der Waals surface area contributed by atoms with Gasteiger partial charge in [-0.15, -0.1) is 0 Å². The average Bonchev–Trinajstić information content (AvgIpc) is 3.21. The number of carboxylic acid groups (broad SMARTS) is 1. The van der Waals surface area contributed by atoms with E-state index in [1.807, 2.05) is 13.8 Å². The zero-order valence-corrected chi connectivity index (χ0v) is 12.2. The molecule has 1 aliphatic carbocycles. The summed E-state index contributed by atoms with van der Waals surface area (Å²) in [5, 5.41) is 14.2. The van der Waals surface area contributed by atoms with Crippen molar-refractivity contribution in [3.8, 4) is 5.75 Å². The molecule has 1 aliphatic rings. The van der Waals surface area contributed by atoms with Crippen LogP contribution in [-0.4, -0.2) is 29.3 Å². The molecule has 114 valence electrons. The van der Waals surface area contributed by atoms with Crippen molar-refractivity contribution in [1.29, 1.82) is 0 Å². The van der Waals surface area contributed by atoms with Crippen LogP contribution in [0.15, 0.2) is 24.3 Å². The largest absolute Gasteiger partial charge is 0.482 e. The SMILES string of the molecule is CC(C)(NC(=O)Nc1ccc(OCC(=O)O)cc1)C1CC1. The molecule has 0 aromatic heterocycles. The van der Waals surface area contributed by atoms with E-state index < -0.39 is 5.97 Å². The van der Waals surface area contributed by atoms with Crippen LogP contribution in [0.5, 0.6) is 5.75 Å². The van der Waals surface area contributed by atoms with E-state index in [1.165, 1.54) is 0 Å². The number of anilines is 1. The van der Waals surface area contributed by atoms with Gasteiger partial charge in [0.1, 0.15) is 5.75 Å². The molecule has 0 unspecified atom stereocenters. The van der Waals surface area contributed by atoms with Crippen molar-refractivity contribution in [2.45, 2.75) is 32.2 Å². The Labute approximate surface area is 123 Å². The lowest BCUT2D eigenvalue weighted by atomic mass is 9.99. The zero-order chi connectivity index (χ0) is 15.5. The van der Waals surface area contributed by atoms with Gasteiger partial charge in [-0.2, -0.15) is 0 Å². The van der Waals surface area contributed by atoms with E-state index in [2.05, 4.69) is 10.6 Å². The predicted octanol–water partition coefficient (Wildman–Crippen LogP) is 2.46. The summed E-state index contributed by atoms with van der Waals surface area (Å²) in [7, 11) is 0. The summed E-state index contributed by atoms with van der Waals surface area (Å²) < 4.78 is 5.02. The molecule has 6 heteroatoms. The number of aliphatic carboxylic acids is 1. The molecule has 1 saturated carbocycles.